The second-order valence-corrected chi connectivity index (χ2v) is 3.18. The molecule has 0 amide bonds. The van der Waals surface area contributed by atoms with E-state index in [1.807, 2.05) is 0 Å². The molecule has 4 nitrogen and oxygen atoms in total. The van der Waals surface area contributed by atoms with Gasteiger partial charge in [-0.05, 0) is 18.6 Å². The fourth-order valence-electron chi connectivity index (χ4n) is 1.30. The Morgan fingerprint density at radius 1 is 1.38 bits per heavy atom. The van der Waals surface area contributed by atoms with Gasteiger partial charge in [0, 0.05) is 6.07 Å². The Hall–Kier alpha value is -1.98. The number of aryl methyl sites for hydroxylation is 1. The van der Waals surface area contributed by atoms with Crippen LogP contribution in [0.2, 0.25) is 0 Å². The quantitative estimate of drug-likeness (QED) is 0.803. The van der Waals surface area contributed by atoms with Crippen molar-refractivity contribution in [1.82, 2.24) is 15.0 Å². The van der Waals surface area contributed by atoms with Gasteiger partial charge in [0.05, 0.1) is 18.1 Å². The van der Waals surface area contributed by atoms with Crippen LogP contribution in [-0.4, -0.2) is 21.6 Å². The van der Waals surface area contributed by atoms with E-state index in [1.54, 1.807) is 25.3 Å². The van der Waals surface area contributed by atoms with E-state index in [-0.39, 0.29) is 5.75 Å². The molecule has 0 aliphatic heterocycles. The van der Waals surface area contributed by atoms with Crippen LogP contribution in [0, 0.1) is 6.92 Å². The standard InChI is InChI=1S/C10H9F2N3O/c1-7-2-3-8(15-5-4-13-14-15)6-9(7)16-10(11)12/h2-6,10H,1H3. The molecule has 0 saturated heterocycles. The molecule has 0 fully saturated rings. The normalized spacial score (nSPS) is 10.8. The van der Waals surface area contributed by atoms with Gasteiger partial charge in [-0.2, -0.15) is 8.78 Å². The monoisotopic (exact) mass is 225 g/mol. The Morgan fingerprint density at radius 3 is 2.81 bits per heavy atom. The number of aromatic nitrogens is 3. The van der Waals surface area contributed by atoms with Crippen LogP contribution in [0.25, 0.3) is 5.69 Å². The van der Waals surface area contributed by atoms with Gasteiger partial charge in [0.1, 0.15) is 5.75 Å². The lowest BCUT2D eigenvalue weighted by atomic mass is 10.2. The Labute approximate surface area is 90.5 Å². The molecule has 6 heteroatoms. The van der Waals surface area contributed by atoms with E-state index in [1.165, 1.54) is 16.9 Å². The third kappa shape index (κ3) is 2.16. The van der Waals surface area contributed by atoms with E-state index in [2.05, 4.69) is 15.0 Å². The molecule has 0 unspecified atom stereocenters. The van der Waals surface area contributed by atoms with Crippen LogP contribution in [0.3, 0.4) is 0 Å². The van der Waals surface area contributed by atoms with Gasteiger partial charge < -0.3 is 4.74 Å². The highest BCUT2D eigenvalue weighted by Crippen LogP contribution is 2.23. The lowest BCUT2D eigenvalue weighted by Gasteiger charge is -2.09. The highest BCUT2D eigenvalue weighted by atomic mass is 19.3. The van der Waals surface area contributed by atoms with Crippen LogP contribution in [0.15, 0.2) is 30.6 Å². The molecule has 16 heavy (non-hydrogen) atoms. The third-order valence-electron chi connectivity index (χ3n) is 2.07. The van der Waals surface area contributed by atoms with Crippen molar-refractivity contribution in [1.29, 1.82) is 0 Å². The van der Waals surface area contributed by atoms with Crippen LogP contribution in [-0.2, 0) is 0 Å². The van der Waals surface area contributed by atoms with E-state index < -0.39 is 6.61 Å². The molecule has 0 saturated carbocycles. The van der Waals surface area contributed by atoms with E-state index in [0.29, 0.717) is 11.3 Å². The maximum Gasteiger partial charge on any atom is 0.387 e. The molecule has 0 aliphatic rings. The summed E-state index contributed by atoms with van der Waals surface area (Å²) in [4.78, 5) is 0. The highest BCUT2D eigenvalue weighted by Gasteiger charge is 2.08. The second-order valence-electron chi connectivity index (χ2n) is 3.18. The van der Waals surface area contributed by atoms with Crippen molar-refractivity contribution in [2.45, 2.75) is 13.5 Å². The molecule has 0 N–H and O–H groups in total. The van der Waals surface area contributed by atoms with Gasteiger partial charge >= 0.3 is 6.61 Å². The van der Waals surface area contributed by atoms with Crippen LogP contribution in [0.1, 0.15) is 5.56 Å². The molecule has 0 bridgehead atoms. The summed E-state index contributed by atoms with van der Waals surface area (Å²) in [6.45, 7) is -1.13. The summed E-state index contributed by atoms with van der Waals surface area (Å²) < 4.78 is 30.1. The SMILES string of the molecule is Cc1ccc(-n2ccnn2)cc1OC(F)F. The molecule has 1 heterocycles. The maximum absolute atomic E-state index is 12.1. The fraction of sp³-hybridized carbons (Fsp3) is 0.200. The Kier molecular flexibility index (Phi) is 2.80. The number of ether oxygens (including phenoxy) is 1. The van der Waals surface area contributed by atoms with E-state index in [4.69, 9.17) is 0 Å². The molecule has 0 spiro atoms. The van der Waals surface area contributed by atoms with E-state index >= 15 is 0 Å². The van der Waals surface area contributed by atoms with Crippen molar-refractivity contribution >= 4 is 0 Å². The molecular formula is C10H9F2N3O. The van der Waals surface area contributed by atoms with Crippen molar-refractivity contribution < 1.29 is 13.5 Å². The molecule has 1 aromatic heterocycles. The zero-order valence-electron chi connectivity index (χ0n) is 8.47. The maximum atomic E-state index is 12.1. The van der Waals surface area contributed by atoms with Gasteiger partial charge in [-0.3, -0.25) is 0 Å². The molecule has 1 aromatic carbocycles. The van der Waals surface area contributed by atoms with Gasteiger partial charge in [-0.25, -0.2) is 4.68 Å². The van der Waals surface area contributed by atoms with Crippen LogP contribution < -0.4 is 4.74 Å². The Bertz CT molecular complexity index is 471. The van der Waals surface area contributed by atoms with Crippen LogP contribution in [0.5, 0.6) is 5.75 Å². The summed E-state index contributed by atoms with van der Waals surface area (Å²) in [6, 6.07) is 4.94. The first-order valence-corrected chi connectivity index (χ1v) is 4.59. The number of hydrogen-bond donors (Lipinski definition) is 0. The third-order valence-corrected chi connectivity index (χ3v) is 2.07. The number of hydrogen-bond acceptors (Lipinski definition) is 3. The molecule has 0 aliphatic carbocycles. The van der Waals surface area contributed by atoms with Gasteiger partial charge in [0.15, 0.2) is 0 Å². The summed E-state index contributed by atoms with van der Waals surface area (Å²) in [5.74, 6) is 0.142. The van der Waals surface area contributed by atoms with Gasteiger partial charge in [-0.1, -0.05) is 11.3 Å². The summed E-state index contributed by atoms with van der Waals surface area (Å²) >= 11 is 0. The minimum absolute atomic E-state index is 0.142. The predicted octanol–water partition coefficient (Wildman–Crippen LogP) is 2.18. The predicted molar refractivity (Wildman–Crippen MR) is 52.7 cm³/mol. The second kappa shape index (κ2) is 4.26. The van der Waals surface area contributed by atoms with Crippen LogP contribution in [0.4, 0.5) is 8.78 Å². The minimum Gasteiger partial charge on any atom is -0.434 e. The van der Waals surface area contributed by atoms with Crippen LogP contribution >= 0.6 is 0 Å². The fourth-order valence-corrected chi connectivity index (χ4v) is 1.30. The smallest absolute Gasteiger partial charge is 0.387 e. The lowest BCUT2D eigenvalue weighted by molar-refractivity contribution is -0.0502. The number of halogens is 2. The van der Waals surface area contributed by atoms with Gasteiger partial charge in [0.25, 0.3) is 0 Å². The molecule has 84 valence electrons. The van der Waals surface area contributed by atoms with Gasteiger partial charge in [-0.15, -0.1) is 5.10 Å². The number of rotatable bonds is 3. The first-order chi connectivity index (χ1) is 7.66. The average Bonchev–Trinajstić information content (AvgIpc) is 2.73. The highest BCUT2D eigenvalue weighted by molar-refractivity contribution is 5.43. The zero-order valence-corrected chi connectivity index (χ0v) is 8.47. The molecule has 2 aromatic rings. The number of nitrogens with zero attached hydrogens (tertiary/aromatic N) is 3. The van der Waals surface area contributed by atoms with Crippen molar-refractivity contribution in [2.75, 3.05) is 0 Å². The van der Waals surface area contributed by atoms with E-state index in [0.717, 1.165) is 0 Å². The van der Waals surface area contributed by atoms with Gasteiger partial charge in [0.2, 0.25) is 0 Å². The first-order valence-electron chi connectivity index (χ1n) is 4.59. The Morgan fingerprint density at radius 2 is 2.19 bits per heavy atom. The summed E-state index contributed by atoms with van der Waals surface area (Å²) in [7, 11) is 0. The van der Waals surface area contributed by atoms with Crippen molar-refractivity contribution in [3.8, 4) is 11.4 Å². The molecular weight excluding hydrogens is 216 g/mol. The summed E-state index contributed by atoms with van der Waals surface area (Å²) in [5, 5.41) is 7.40. The average molecular weight is 225 g/mol. The van der Waals surface area contributed by atoms with E-state index in [9.17, 15) is 8.78 Å². The number of benzene rings is 1. The number of alkyl halides is 2. The van der Waals surface area contributed by atoms with Crippen molar-refractivity contribution in [3.63, 3.8) is 0 Å². The summed E-state index contributed by atoms with van der Waals surface area (Å²) in [5.41, 5.74) is 1.27. The minimum atomic E-state index is -2.83. The summed E-state index contributed by atoms with van der Waals surface area (Å²) in [6.07, 6.45) is 3.13. The lowest BCUT2D eigenvalue weighted by Crippen LogP contribution is -2.04. The topological polar surface area (TPSA) is 39.9 Å². The molecule has 2 rings (SSSR count). The molecule has 0 radical (unpaired) electrons. The Balaban J connectivity index is 2.36. The first kappa shape index (κ1) is 10.5. The largest absolute Gasteiger partial charge is 0.434 e. The zero-order chi connectivity index (χ0) is 11.5. The molecule has 0 atom stereocenters. The van der Waals surface area contributed by atoms with Crippen molar-refractivity contribution in [3.05, 3.63) is 36.2 Å². The van der Waals surface area contributed by atoms with Crippen molar-refractivity contribution in [2.24, 2.45) is 0 Å².